The van der Waals surface area contributed by atoms with E-state index in [1.165, 1.54) is 22.7 Å². The summed E-state index contributed by atoms with van der Waals surface area (Å²) in [5.41, 5.74) is 1.26. The first-order valence-electron chi connectivity index (χ1n) is 8.00. The van der Waals surface area contributed by atoms with Crippen molar-refractivity contribution < 1.29 is 14.7 Å². The van der Waals surface area contributed by atoms with Crippen molar-refractivity contribution in [2.45, 2.75) is 26.5 Å². The highest BCUT2D eigenvalue weighted by Gasteiger charge is 2.24. The minimum absolute atomic E-state index is 0.0899. The van der Waals surface area contributed by atoms with Crippen LogP contribution in [0.2, 0.25) is 10.0 Å². The first-order valence-corrected chi connectivity index (χ1v) is 10.4. The highest BCUT2D eigenvalue weighted by atomic mass is 35.5. The number of rotatable bonds is 7. The van der Waals surface area contributed by atoms with E-state index >= 15 is 0 Å². The molecule has 0 saturated heterocycles. The third-order valence-corrected chi connectivity index (χ3v) is 6.27. The van der Waals surface area contributed by atoms with E-state index in [9.17, 15) is 9.90 Å². The van der Waals surface area contributed by atoms with Crippen LogP contribution in [0.25, 0.3) is 9.88 Å². The quantitative estimate of drug-likeness (QED) is 0.439. The molecule has 1 N–H and O–H groups in total. The normalized spacial score (nSPS) is 11.1. The second kappa shape index (κ2) is 8.58. The van der Waals surface area contributed by atoms with Gasteiger partial charge in [0.05, 0.1) is 16.6 Å². The summed E-state index contributed by atoms with van der Waals surface area (Å²) in [7, 11) is 0. The number of aromatic nitrogens is 1. The predicted molar refractivity (Wildman–Crippen MR) is 111 cm³/mol. The number of benzene rings is 1. The number of carboxylic acids is 1. The molecule has 0 unspecified atom stereocenters. The summed E-state index contributed by atoms with van der Waals surface area (Å²) in [5.74, 6) is -1.00. The van der Waals surface area contributed by atoms with Crippen LogP contribution in [-0.2, 0) is 11.4 Å². The van der Waals surface area contributed by atoms with E-state index in [2.05, 4.69) is 4.98 Å². The highest BCUT2D eigenvalue weighted by Crippen LogP contribution is 2.38. The average molecular weight is 443 g/mol. The van der Waals surface area contributed by atoms with Crippen molar-refractivity contribution in [2.24, 2.45) is 0 Å². The van der Waals surface area contributed by atoms with E-state index in [1.807, 2.05) is 19.2 Å². The molecule has 0 aliphatic heterocycles. The van der Waals surface area contributed by atoms with Crippen molar-refractivity contribution in [2.75, 3.05) is 5.06 Å². The summed E-state index contributed by atoms with van der Waals surface area (Å²) < 4.78 is 0. The summed E-state index contributed by atoms with van der Waals surface area (Å²) in [5, 5.41) is 14.9. The number of hydrogen-bond acceptors (Lipinski definition) is 6. The van der Waals surface area contributed by atoms with Crippen LogP contribution >= 0.6 is 45.9 Å². The Labute approximate surface area is 174 Å². The molecule has 27 heavy (non-hydrogen) atoms. The first kappa shape index (κ1) is 20.1. The van der Waals surface area contributed by atoms with Gasteiger partial charge in [-0.05, 0) is 37.6 Å². The molecule has 0 amide bonds. The molecule has 0 bridgehead atoms. The van der Waals surface area contributed by atoms with Gasteiger partial charge in [0.1, 0.15) is 16.5 Å². The van der Waals surface area contributed by atoms with Gasteiger partial charge in [0, 0.05) is 21.6 Å². The summed E-state index contributed by atoms with van der Waals surface area (Å²) >= 11 is 14.8. The van der Waals surface area contributed by atoms with Crippen LogP contribution in [0, 0.1) is 0 Å². The van der Waals surface area contributed by atoms with Crippen molar-refractivity contribution in [1.82, 2.24) is 4.98 Å². The Hall–Kier alpha value is -1.64. The third kappa shape index (κ3) is 4.62. The van der Waals surface area contributed by atoms with Crippen LogP contribution in [0.4, 0.5) is 5.69 Å². The van der Waals surface area contributed by atoms with Gasteiger partial charge in [-0.1, -0.05) is 29.3 Å². The predicted octanol–water partition coefficient (Wildman–Crippen LogP) is 6.22. The molecule has 5 nitrogen and oxygen atoms in total. The van der Waals surface area contributed by atoms with Gasteiger partial charge >= 0.3 is 5.97 Å². The van der Waals surface area contributed by atoms with Crippen LogP contribution in [0.3, 0.4) is 0 Å². The third-order valence-electron chi connectivity index (χ3n) is 3.63. The number of carbonyl (C=O) groups is 1. The first-order chi connectivity index (χ1) is 12.9. The molecule has 3 rings (SSSR count). The van der Waals surface area contributed by atoms with E-state index in [1.54, 1.807) is 35.5 Å². The number of carboxylic acid groups (broad SMARTS) is 1. The maximum absolute atomic E-state index is 11.8. The molecule has 2 aromatic heterocycles. The maximum atomic E-state index is 11.8. The lowest BCUT2D eigenvalue weighted by atomic mass is 10.2. The minimum atomic E-state index is -1.00. The van der Waals surface area contributed by atoms with E-state index in [-0.39, 0.29) is 17.5 Å². The standard InChI is InChI=1S/C18H16Cl2N2O3S2/c1-10(2)22(25-9-11-3-4-12(19)7-13(11)20)14-8-15(17-21-5-6-26-17)27-16(14)18(23)24/h3-8,10H,9H2,1-2H3,(H,23,24). The fourth-order valence-corrected chi connectivity index (χ4v) is 4.57. The number of hydroxylamine groups is 1. The van der Waals surface area contributed by atoms with Gasteiger partial charge in [0.25, 0.3) is 0 Å². The van der Waals surface area contributed by atoms with Crippen LogP contribution in [0.1, 0.15) is 29.1 Å². The molecule has 142 valence electrons. The van der Waals surface area contributed by atoms with Crippen molar-refractivity contribution >= 4 is 57.5 Å². The van der Waals surface area contributed by atoms with E-state index in [0.717, 1.165) is 15.4 Å². The van der Waals surface area contributed by atoms with Crippen molar-refractivity contribution in [1.29, 1.82) is 0 Å². The Balaban J connectivity index is 1.91. The average Bonchev–Trinajstić information content (AvgIpc) is 3.25. The zero-order valence-electron chi connectivity index (χ0n) is 14.5. The molecule has 0 aliphatic carbocycles. The molecular weight excluding hydrogens is 427 g/mol. The molecule has 0 atom stereocenters. The molecular formula is C18H16Cl2N2O3S2. The SMILES string of the molecule is CC(C)N(OCc1ccc(Cl)cc1Cl)c1cc(-c2nccs2)sc1C(=O)O. The van der Waals surface area contributed by atoms with Gasteiger partial charge in [0.15, 0.2) is 0 Å². The second-order valence-electron chi connectivity index (χ2n) is 5.90. The van der Waals surface area contributed by atoms with Gasteiger partial charge in [-0.2, -0.15) is 0 Å². The van der Waals surface area contributed by atoms with Crippen LogP contribution in [-0.4, -0.2) is 22.1 Å². The van der Waals surface area contributed by atoms with Gasteiger partial charge in [0.2, 0.25) is 0 Å². The number of thiazole rings is 1. The van der Waals surface area contributed by atoms with Gasteiger partial charge in [-0.3, -0.25) is 4.84 Å². The molecule has 1 aromatic carbocycles. The molecule has 3 aromatic rings. The Bertz CT molecular complexity index is 942. The topological polar surface area (TPSA) is 62.7 Å². The number of hydrogen-bond donors (Lipinski definition) is 1. The second-order valence-corrected chi connectivity index (χ2v) is 8.69. The molecule has 0 aliphatic rings. The number of anilines is 1. The van der Waals surface area contributed by atoms with E-state index in [4.69, 9.17) is 28.0 Å². The maximum Gasteiger partial charge on any atom is 0.348 e. The van der Waals surface area contributed by atoms with Gasteiger partial charge < -0.3 is 5.11 Å². The molecule has 2 heterocycles. The lowest BCUT2D eigenvalue weighted by Crippen LogP contribution is -2.31. The van der Waals surface area contributed by atoms with Crippen molar-refractivity contribution in [3.05, 3.63) is 56.3 Å². The smallest absolute Gasteiger partial charge is 0.348 e. The fraction of sp³-hybridized carbons (Fsp3) is 0.222. The fourth-order valence-electron chi connectivity index (χ4n) is 2.42. The Kier molecular flexibility index (Phi) is 6.39. The summed E-state index contributed by atoms with van der Waals surface area (Å²) in [4.78, 5) is 23.0. The van der Waals surface area contributed by atoms with Crippen molar-refractivity contribution in [3.63, 3.8) is 0 Å². The molecule has 9 heteroatoms. The monoisotopic (exact) mass is 442 g/mol. The van der Waals surface area contributed by atoms with Crippen molar-refractivity contribution in [3.8, 4) is 9.88 Å². The zero-order chi connectivity index (χ0) is 19.6. The van der Waals surface area contributed by atoms with Gasteiger partial charge in [-0.15, -0.1) is 22.7 Å². The van der Waals surface area contributed by atoms with Crippen LogP contribution in [0.15, 0.2) is 35.8 Å². The number of aromatic carboxylic acids is 1. The van der Waals surface area contributed by atoms with Crippen LogP contribution in [0.5, 0.6) is 0 Å². The number of halogens is 2. The lowest BCUT2D eigenvalue weighted by molar-refractivity contribution is 0.0677. The Morgan fingerprint density at radius 2 is 2.11 bits per heavy atom. The number of nitrogens with zero attached hydrogens (tertiary/aromatic N) is 2. The Morgan fingerprint density at radius 1 is 1.33 bits per heavy atom. The minimum Gasteiger partial charge on any atom is -0.477 e. The molecule has 0 saturated carbocycles. The summed E-state index contributed by atoms with van der Waals surface area (Å²) in [6.45, 7) is 4.04. The largest absolute Gasteiger partial charge is 0.477 e. The number of thiophene rings is 1. The summed E-state index contributed by atoms with van der Waals surface area (Å²) in [6, 6.07) is 6.88. The molecule has 0 spiro atoms. The molecule has 0 fully saturated rings. The van der Waals surface area contributed by atoms with E-state index < -0.39 is 5.97 Å². The highest BCUT2D eigenvalue weighted by molar-refractivity contribution is 7.22. The summed E-state index contributed by atoms with van der Waals surface area (Å²) in [6.07, 6.45) is 1.69. The Morgan fingerprint density at radius 3 is 2.70 bits per heavy atom. The molecule has 0 radical (unpaired) electrons. The lowest BCUT2D eigenvalue weighted by Gasteiger charge is -2.27. The van der Waals surface area contributed by atoms with Gasteiger partial charge in [-0.25, -0.2) is 14.8 Å². The zero-order valence-corrected chi connectivity index (χ0v) is 17.6. The van der Waals surface area contributed by atoms with E-state index in [0.29, 0.717) is 15.7 Å². The van der Waals surface area contributed by atoms with Crippen LogP contribution < -0.4 is 5.06 Å².